The Balaban J connectivity index is 1.54. The molecule has 0 atom stereocenters. The molecule has 1 aromatic heterocycles. The van der Waals surface area contributed by atoms with Gasteiger partial charge in [-0.15, -0.1) is 0 Å². The highest BCUT2D eigenvalue weighted by atomic mass is 19.1. The molecule has 32 heavy (non-hydrogen) atoms. The van der Waals surface area contributed by atoms with Crippen molar-refractivity contribution in [3.8, 4) is 5.75 Å². The van der Waals surface area contributed by atoms with Crippen molar-refractivity contribution < 1.29 is 18.7 Å². The number of amides is 2. The summed E-state index contributed by atoms with van der Waals surface area (Å²) in [6.45, 7) is 4.85. The van der Waals surface area contributed by atoms with Gasteiger partial charge in [-0.2, -0.15) is 0 Å². The van der Waals surface area contributed by atoms with Gasteiger partial charge in [0, 0.05) is 48.3 Å². The molecule has 3 aromatic rings. The normalized spacial score (nSPS) is 14.6. The highest BCUT2D eigenvalue weighted by Crippen LogP contribution is 2.28. The summed E-state index contributed by atoms with van der Waals surface area (Å²) in [7, 11) is 3.55. The summed E-state index contributed by atoms with van der Waals surface area (Å²) < 4.78 is 19.1. The van der Waals surface area contributed by atoms with Crippen molar-refractivity contribution in [1.29, 1.82) is 0 Å². The number of halogens is 1. The second-order valence-electron chi connectivity index (χ2n) is 8.15. The van der Waals surface area contributed by atoms with Crippen molar-refractivity contribution in [1.82, 2.24) is 14.8 Å². The molecule has 2 aromatic carbocycles. The molecular formula is C24H27FN4O3. The van der Waals surface area contributed by atoms with E-state index < -0.39 is 0 Å². The van der Waals surface area contributed by atoms with E-state index in [9.17, 15) is 14.0 Å². The second-order valence-corrected chi connectivity index (χ2v) is 8.15. The van der Waals surface area contributed by atoms with Gasteiger partial charge in [-0.05, 0) is 55.9 Å². The lowest BCUT2D eigenvalue weighted by atomic mass is 10.1. The minimum atomic E-state index is -0.352. The Labute approximate surface area is 186 Å². The zero-order valence-corrected chi connectivity index (χ0v) is 18.5. The van der Waals surface area contributed by atoms with E-state index in [0.717, 1.165) is 29.9 Å². The lowest BCUT2D eigenvalue weighted by Gasteiger charge is -2.32. The smallest absolute Gasteiger partial charge is 0.254 e. The van der Waals surface area contributed by atoms with Crippen LogP contribution in [-0.2, 0) is 11.2 Å². The number of ether oxygens (including phenoxy) is 1. The van der Waals surface area contributed by atoms with Crippen LogP contribution in [0.25, 0.3) is 10.9 Å². The molecule has 2 amide bonds. The van der Waals surface area contributed by atoms with Gasteiger partial charge in [-0.25, -0.2) is 4.39 Å². The fourth-order valence-electron chi connectivity index (χ4n) is 4.07. The third kappa shape index (κ3) is 4.45. The van der Waals surface area contributed by atoms with Crippen molar-refractivity contribution in [2.24, 2.45) is 0 Å². The largest absolute Gasteiger partial charge is 0.495 e. The number of H-pyrrole nitrogens is 1. The van der Waals surface area contributed by atoms with Crippen LogP contribution in [0.1, 0.15) is 21.6 Å². The van der Waals surface area contributed by atoms with Crippen molar-refractivity contribution in [3.05, 3.63) is 59.0 Å². The number of hydrogen-bond acceptors (Lipinski definition) is 4. The summed E-state index contributed by atoms with van der Waals surface area (Å²) in [4.78, 5) is 33.0. The van der Waals surface area contributed by atoms with Gasteiger partial charge in [-0.1, -0.05) is 0 Å². The average Bonchev–Trinajstić information content (AvgIpc) is 3.08. The van der Waals surface area contributed by atoms with E-state index in [1.807, 2.05) is 18.9 Å². The number of hydrogen-bond donors (Lipinski definition) is 2. The number of rotatable bonds is 5. The highest BCUT2D eigenvalue weighted by molar-refractivity contribution is 6.00. The number of anilines is 1. The molecule has 0 aliphatic carbocycles. The number of carbonyl (C=O) groups excluding carboxylic acids is 2. The maximum Gasteiger partial charge on any atom is 0.254 e. The summed E-state index contributed by atoms with van der Waals surface area (Å²) in [6, 6.07) is 9.52. The van der Waals surface area contributed by atoms with Crippen LogP contribution >= 0.6 is 0 Å². The Kier molecular flexibility index (Phi) is 6.14. The van der Waals surface area contributed by atoms with Crippen LogP contribution in [0, 0.1) is 12.7 Å². The van der Waals surface area contributed by atoms with E-state index in [1.165, 1.54) is 19.2 Å². The maximum absolute atomic E-state index is 13.7. The second kappa shape index (κ2) is 9.00. The molecule has 0 radical (unpaired) electrons. The Morgan fingerprint density at radius 3 is 2.59 bits per heavy atom. The minimum absolute atomic E-state index is 0.0646. The number of likely N-dealkylation sites (N-methyl/N-ethyl adjacent to an activating group) is 1. The lowest BCUT2D eigenvalue weighted by Crippen LogP contribution is -2.47. The molecule has 7 nitrogen and oxygen atoms in total. The predicted molar refractivity (Wildman–Crippen MR) is 122 cm³/mol. The van der Waals surface area contributed by atoms with Crippen LogP contribution in [0.15, 0.2) is 36.4 Å². The number of aryl methyl sites for hydroxylation is 1. The van der Waals surface area contributed by atoms with Gasteiger partial charge in [0.1, 0.15) is 11.6 Å². The molecule has 0 saturated carbocycles. The Bertz CT molecular complexity index is 1170. The van der Waals surface area contributed by atoms with Gasteiger partial charge in [0.25, 0.3) is 5.91 Å². The maximum atomic E-state index is 13.7. The van der Waals surface area contributed by atoms with E-state index in [2.05, 4.69) is 15.2 Å². The summed E-state index contributed by atoms with van der Waals surface area (Å²) in [6.07, 6.45) is 0.0646. The zero-order valence-electron chi connectivity index (χ0n) is 18.5. The fraction of sp³-hybridized carbons (Fsp3) is 0.333. The first kappa shape index (κ1) is 21.8. The van der Waals surface area contributed by atoms with Gasteiger partial charge in [0.2, 0.25) is 5.91 Å². The quantitative estimate of drug-likeness (QED) is 0.641. The van der Waals surface area contributed by atoms with Crippen LogP contribution in [0.5, 0.6) is 5.75 Å². The standard InChI is InChI=1S/C24H27FN4O3/c1-15-18(19-13-17(25)5-6-20(19)26-15)14-23(30)27-21-12-16(4-7-22(21)32-3)24(31)29-10-8-28(2)9-11-29/h4-7,12-13,26H,8-11,14H2,1-3H3,(H,27,30). The minimum Gasteiger partial charge on any atom is -0.495 e. The molecule has 1 fully saturated rings. The van der Waals surface area contributed by atoms with Crippen LogP contribution in [0.4, 0.5) is 10.1 Å². The number of nitrogens with one attached hydrogen (secondary N) is 2. The van der Waals surface area contributed by atoms with Crippen LogP contribution < -0.4 is 10.1 Å². The number of piperazine rings is 1. The number of nitrogens with zero attached hydrogens (tertiary/aromatic N) is 2. The number of carbonyl (C=O) groups is 2. The van der Waals surface area contributed by atoms with Gasteiger partial charge in [0.15, 0.2) is 0 Å². The summed E-state index contributed by atoms with van der Waals surface area (Å²) in [5.74, 6) is -0.232. The summed E-state index contributed by atoms with van der Waals surface area (Å²) >= 11 is 0. The Morgan fingerprint density at radius 2 is 1.88 bits per heavy atom. The van der Waals surface area contributed by atoms with Crippen molar-refractivity contribution in [2.45, 2.75) is 13.3 Å². The first-order valence-electron chi connectivity index (χ1n) is 10.6. The van der Waals surface area contributed by atoms with Crippen molar-refractivity contribution in [2.75, 3.05) is 45.7 Å². The third-order valence-corrected chi connectivity index (χ3v) is 5.93. The first-order valence-corrected chi connectivity index (χ1v) is 10.6. The average molecular weight is 439 g/mol. The van der Waals surface area contributed by atoms with E-state index in [-0.39, 0.29) is 24.1 Å². The predicted octanol–water partition coefficient (Wildman–Crippen LogP) is 3.19. The van der Waals surface area contributed by atoms with Crippen LogP contribution in [-0.4, -0.2) is 66.9 Å². The molecule has 2 N–H and O–H groups in total. The van der Waals surface area contributed by atoms with Crippen molar-refractivity contribution >= 4 is 28.4 Å². The summed E-state index contributed by atoms with van der Waals surface area (Å²) in [5.41, 5.74) is 3.26. The number of aromatic amines is 1. The molecule has 0 unspecified atom stereocenters. The Hall–Kier alpha value is -3.39. The number of fused-ring (bicyclic) bond motifs is 1. The van der Waals surface area contributed by atoms with Crippen LogP contribution in [0.2, 0.25) is 0 Å². The third-order valence-electron chi connectivity index (χ3n) is 5.93. The van der Waals surface area contributed by atoms with E-state index in [4.69, 9.17) is 4.74 Å². The van der Waals surface area contributed by atoms with Crippen molar-refractivity contribution in [3.63, 3.8) is 0 Å². The molecule has 0 spiro atoms. The zero-order chi connectivity index (χ0) is 22.8. The van der Waals surface area contributed by atoms with Gasteiger partial charge < -0.3 is 24.8 Å². The molecule has 2 heterocycles. The van der Waals surface area contributed by atoms with Gasteiger partial charge in [0.05, 0.1) is 19.2 Å². The molecule has 0 bridgehead atoms. The summed E-state index contributed by atoms with van der Waals surface area (Å²) in [5, 5.41) is 3.54. The number of benzene rings is 2. The van der Waals surface area contributed by atoms with E-state index in [0.29, 0.717) is 35.5 Å². The molecule has 168 valence electrons. The molecule has 1 aliphatic heterocycles. The topological polar surface area (TPSA) is 77.7 Å². The molecular weight excluding hydrogens is 411 g/mol. The highest BCUT2D eigenvalue weighted by Gasteiger charge is 2.22. The lowest BCUT2D eigenvalue weighted by molar-refractivity contribution is -0.115. The molecule has 8 heteroatoms. The van der Waals surface area contributed by atoms with Gasteiger partial charge in [-0.3, -0.25) is 9.59 Å². The van der Waals surface area contributed by atoms with E-state index in [1.54, 1.807) is 24.3 Å². The Morgan fingerprint density at radius 1 is 1.12 bits per heavy atom. The SMILES string of the molecule is COc1ccc(C(=O)N2CCN(C)CC2)cc1NC(=O)Cc1c(C)[nH]c2ccc(F)cc12. The molecule has 4 rings (SSSR count). The van der Waals surface area contributed by atoms with E-state index >= 15 is 0 Å². The van der Waals surface area contributed by atoms with Gasteiger partial charge >= 0.3 is 0 Å². The fourth-order valence-corrected chi connectivity index (χ4v) is 4.07. The first-order chi connectivity index (χ1) is 15.4. The molecule has 1 saturated heterocycles. The monoisotopic (exact) mass is 438 g/mol. The number of aromatic nitrogens is 1. The molecule has 1 aliphatic rings. The number of methoxy groups -OCH3 is 1. The van der Waals surface area contributed by atoms with Crippen LogP contribution in [0.3, 0.4) is 0 Å².